The van der Waals surface area contributed by atoms with Gasteiger partial charge in [0.1, 0.15) is 5.82 Å². The number of rotatable bonds is 5. The van der Waals surface area contributed by atoms with Crippen molar-refractivity contribution in [3.05, 3.63) is 87.8 Å². The summed E-state index contributed by atoms with van der Waals surface area (Å²) in [6.45, 7) is -0.0873. The highest BCUT2D eigenvalue weighted by Gasteiger charge is 2.32. The van der Waals surface area contributed by atoms with Crippen molar-refractivity contribution in [2.45, 2.75) is 12.9 Å². The van der Waals surface area contributed by atoms with Crippen LogP contribution in [-0.4, -0.2) is 17.3 Å². The number of carbonyl (C=O) groups is 1. The van der Waals surface area contributed by atoms with E-state index in [2.05, 4.69) is 15.0 Å². The van der Waals surface area contributed by atoms with Crippen LogP contribution in [-0.2, 0) is 6.54 Å². The third-order valence-corrected chi connectivity index (χ3v) is 4.03. The van der Waals surface area contributed by atoms with Crippen LogP contribution in [0.2, 0.25) is 0 Å². The normalized spacial score (nSPS) is 11.2. The second-order valence-electron chi connectivity index (χ2n) is 6.12. The van der Waals surface area contributed by atoms with Crippen molar-refractivity contribution in [1.82, 2.24) is 10.3 Å². The van der Waals surface area contributed by atoms with Gasteiger partial charge >= 0.3 is 6.36 Å². The number of pyridine rings is 1. The Balaban J connectivity index is 1.85. The summed E-state index contributed by atoms with van der Waals surface area (Å²) >= 11 is 0. The molecular formula is C20H13F5N2O3. The zero-order valence-electron chi connectivity index (χ0n) is 15.0. The number of carbonyl (C=O) groups excluding carboxylic acids is 1. The Morgan fingerprint density at radius 1 is 1.03 bits per heavy atom. The Kier molecular flexibility index (Phi) is 5.86. The lowest BCUT2D eigenvalue weighted by atomic mass is 9.99. The second-order valence-corrected chi connectivity index (χ2v) is 6.12. The maximum atomic E-state index is 14.0. The summed E-state index contributed by atoms with van der Waals surface area (Å²) < 4.78 is 68.3. The van der Waals surface area contributed by atoms with E-state index >= 15 is 0 Å². The molecule has 1 amide bonds. The minimum absolute atomic E-state index is 0.0873. The van der Waals surface area contributed by atoms with Gasteiger partial charge in [0.05, 0.1) is 5.56 Å². The number of benzene rings is 2. The number of aromatic amines is 1. The molecule has 2 N–H and O–H groups in total. The maximum Gasteiger partial charge on any atom is 0.573 e. The lowest BCUT2D eigenvalue weighted by Crippen LogP contribution is -2.24. The van der Waals surface area contributed by atoms with Crippen LogP contribution in [0.15, 0.2) is 59.5 Å². The third kappa shape index (κ3) is 5.22. The number of H-pyrrole nitrogens is 1. The lowest BCUT2D eigenvalue weighted by Gasteiger charge is -2.14. The molecule has 0 fully saturated rings. The summed E-state index contributed by atoms with van der Waals surface area (Å²) in [4.78, 5) is 25.6. The molecule has 0 bridgehead atoms. The number of hydrogen-bond acceptors (Lipinski definition) is 3. The van der Waals surface area contributed by atoms with Crippen molar-refractivity contribution in [2.24, 2.45) is 0 Å². The molecule has 0 spiro atoms. The molecule has 1 aromatic heterocycles. The van der Waals surface area contributed by atoms with Crippen molar-refractivity contribution < 1.29 is 31.5 Å². The minimum atomic E-state index is -5.06. The first kappa shape index (κ1) is 21.0. The predicted octanol–water partition coefficient (Wildman–Crippen LogP) is 4.15. The average molecular weight is 424 g/mol. The fourth-order valence-corrected chi connectivity index (χ4v) is 2.68. The molecule has 156 valence electrons. The molecule has 0 aliphatic heterocycles. The van der Waals surface area contributed by atoms with Crippen molar-refractivity contribution >= 4 is 5.91 Å². The molecule has 3 aromatic rings. The van der Waals surface area contributed by atoms with Gasteiger partial charge in [-0.3, -0.25) is 9.59 Å². The van der Waals surface area contributed by atoms with Crippen molar-refractivity contribution in [1.29, 1.82) is 0 Å². The Morgan fingerprint density at radius 3 is 2.43 bits per heavy atom. The summed E-state index contributed by atoms with van der Waals surface area (Å²) in [6, 6.07) is 8.75. The average Bonchev–Trinajstić information content (AvgIpc) is 2.68. The summed E-state index contributed by atoms with van der Waals surface area (Å²) in [6.07, 6.45) is -3.84. The molecule has 30 heavy (non-hydrogen) atoms. The standard InChI is InChI=1S/C20H13F5N2O3/c21-14-4-1-12(9-27-19(29)13-3-6-18(28)26-10-13)15(8-14)11-2-5-17(16(22)7-11)30-20(23,24)25/h1-8,10H,9H2,(H,26,28)(H,27,29). The first-order chi connectivity index (χ1) is 14.1. The van der Waals surface area contributed by atoms with Gasteiger partial charge in [-0.15, -0.1) is 13.2 Å². The second kappa shape index (κ2) is 8.36. The van der Waals surface area contributed by atoms with E-state index in [1.54, 1.807) is 0 Å². The van der Waals surface area contributed by atoms with Crippen LogP contribution >= 0.6 is 0 Å². The number of aromatic nitrogens is 1. The van der Waals surface area contributed by atoms with E-state index in [0.717, 1.165) is 30.3 Å². The van der Waals surface area contributed by atoms with E-state index in [9.17, 15) is 31.5 Å². The summed E-state index contributed by atoms with van der Waals surface area (Å²) in [5, 5.41) is 2.57. The number of hydrogen-bond donors (Lipinski definition) is 2. The molecule has 0 aliphatic carbocycles. The monoisotopic (exact) mass is 424 g/mol. The number of ether oxygens (including phenoxy) is 1. The molecule has 5 nitrogen and oxygen atoms in total. The largest absolute Gasteiger partial charge is 0.573 e. The number of halogens is 5. The fourth-order valence-electron chi connectivity index (χ4n) is 2.68. The highest BCUT2D eigenvalue weighted by molar-refractivity contribution is 5.93. The van der Waals surface area contributed by atoms with E-state index in [1.807, 2.05) is 0 Å². The van der Waals surface area contributed by atoms with E-state index in [1.165, 1.54) is 24.4 Å². The molecule has 1 heterocycles. The molecule has 10 heteroatoms. The first-order valence-corrected chi connectivity index (χ1v) is 8.43. The zero-order valence-corrected chi connectivity index (χ0v) is 15.0. The van der Waals surface area contributed by atoms with Gasteiger partial charge in [-0.25, -0.2) is 8.78 Å². The highest BCUT2D eigenvalue weighted by atomic mass is 19.4. The molecule has 3 rings (SSSR count). The number of amides is 1. The van der Waals surface area contributed by atoms with Gasteiger partial charge < -0.3 is 15.0 Å². The summed E-state index contributed by atoms with van der Waals surface area (Å²) in [7, 11) is 0. The fraction of sp³-hybridized carbons (Fsp3) is 0.100. The smallest absolute Gasteiger partial charge is 0.403 e. The first-order valence-electron chi connectivity index (χ1n) is 8.43. The Morgan fingerprint density at radius 2 is 1.80 bits per heavy atom. The molecule has 0 atom stereocenters. The van der Waals surface area contributed by atoms with Gasteiger partial charge in [-0.2, -0.15) is 0 Å². The molecule has 0 saturated carbocycles. The van der Waals surface area contributed by atoms with Gasteiger partial charge in [0.25, 0.3) is 5.91 Å². The van der Waals surface area contributed by atoms with Crippen LogP contribution in [0.5, 0.6) is 5.75 Å². The van der Waals surface area contributed by atoms with Crippen molar-refractivity contribution in [3.8, 4) is 16.9 Å². The number of nitrogens with one attached hydrogen (secondary N) is 2. The molecule has 0 aliphatic rings. The summed E-state index contributed by atoms with van der Waals surface area (Å²) in [5.41, 5.74) is 0.451. The molecule has 0 unspecified atom stereocenters. The van der Waals surface area contributed by atoms with Crippen LogP contribution in [0.1, 0.15) is 15.9 Å². The van der Waals surface area contributed by atoms with Gasteiger partial charge in [-0.05, 0) is 47.0 Å². The third-order valence-electron chi connectivity index (χ3n) is 4.03. The minimum Gasteiger partial charge on any atom is -0.403 e. The van der Waals surface area contributed by atoms with Crippen LogP contribution in [0.25, 0.3) is 11.1 Å². The highest BCUT2D eigenvalue weighted by Crippen LogP contribution is 2.31. The maximum absolute atomic E-state index is 14.0. The van der Waals surface area contributed by atoms with E-state index in [0.29, 0.717) is 5.56 Å². The molecule has 0 saturated heterocycles. The Hall–Kier alpha value is -3.69. The van der Waals surface area contributed by atoms with Crippen LogP contribution in [0, 0.1) is 11.6 Å². The van der Waals surface area contributed by atoms with E-state index in [-0.39, 0.29) is 28.8 Å². The molecule has 2 aromatic carbocycles. The molecular weight excluding hydrogens is 411 g/mol. The Labute approximate surface area is 166 Å². The van der Waals surface area contributed by atoms with Gasteiger partial charge in [-0.1, -0.05) is 12.1 Å². The van der Waals surface area contributed by atoms with Crippen LogP contribution in [0.4, 0.5) is 22.0 Å². The van der Waals surface area contributed by atoms with Crippen molar-refractivity contribution in [2.75, 3.05) is 0 Å². The van der Waals surface area contributed by atoms with E-state index in [4.69, 9.17) is 0 Å². The SMILES string of the molecule is O=C(NCc1ccc(F)cc1-c1ccc(OC(F)(F)F)c(F)c1)c1ccc(=O)[nH]c1. The zero-order chi connectivity index (χ0) is 21.9. The predicted molar refractivity (Wildman–Crippen MR) is 96.7 cm³/mol. The quantitative estimate of drug-likeness (QED) is 0.605. The van der Waals surface area contributed by atoms with Gasteiger partial charge in [0, 0.05) is 18.8 Å². The summed E-state index contributed by atoms with van der Waals surface area (Å²) in [5.74, 6) is -3.48. The van der Waals surface area contributed by atoms with Gasteiger partial charge in [0.15, 0.2) is 11.6 Å². The van der Waals surface area contributed by atoms with Crippen molar-refractivity contribution in [3.63, 3.8) is 0 Å². The van der Waals surface area contributed by atoms with E-state index < -0.39 is 29.7 Å². The van der Waals surface area contributed by atoms with Gasteiger partial charge in [0.2, 0.25) is 5.56 Å². The van der Waals surface area contributed by atoms with Crippen LogP contribution < -0.4 is 15.6 Å². The topological polar surface area (TPSA) is 71.2 Å². The molecule has 0 radical (unpaired) electrons. The number of alkyl halides is 3. The van der Waals surface area contributed by atoms with Crippen LogP contribution in [0.3, 0.4) is 0 Å². The Bertz CT molecular complexity index is 1120. The lowest BCUT2D eigenvalue weighted by molar-refractivity contribution is -0.275.